The summed E-state index contributed by atoms with van der Waals surface area (Å²) in [5, 5.41) is 7.61. The zero-order valence-electron chi connectivity index (χ0n) is 11.9. The first-order valence-corrected chi connectivity index (χ1v) is 6.66. The summed E-state index contributed by atoms with van der Waals surface area (Å²) in [5.74, 6) is -0.192. The van der Waals surface area contributed by atoms with Crippen molar-refractivity contribution < 1.29 is 9.13 Å². The van der Waals surface area contributed by atoms with E-state index in [4.69, 9.17) is 4.74 Å². The molecular formula is C15H20FN3O. The van der Waals surface area contributed by atoms with Gasteiger partial charge in [-0.05, 0) is 13.0 Å². The molecule has 0 saturated carbocycles. The lowest BCUT2D eigenvalue weighted by Gasteiger charge is -2.07. The molecule has 0 amide bonds. The predicted molar refractivity (Wildman–Crippen MR) is 76.0 cm³/mol. The molecule has 0 fully saturated rings. The summed E-state index contributed by atoms with van der Waals surface area (Å²) in [5.41, 5.74) is 2.83. The lowest BCUT2D eigenvalue weighted by atomic mass is 10.2. The van der Waals surface area contributed by atoms with Crippen molar-refractivity contribution in [3.8, 4) is 0 Å². The smallest absolute Gasteiger partial charge is 0.128 e. The molecule has 0 unspecified atom stereocenters. The van der Waals surface area contributed by atoms with Gasteiger partial charge in [-0.1, -0.05) is 18.2 Å². The summed E-state index contributed by atoms with van der Waals surface area (Å²) in [6.45, 7) is 4.68. The van der Waals surface area contributed by atoms with E-state index in [2.05, 4.69) is 10.4 Å². The maximum atomic E-state index is 13.6. The number of rotatable bonds is 7. The molecule has 5 heteroatoms. The predicted octanol–water partition coefficient (Wildman–Crippen LogP) is 2.11. The fourth-order valence-corrected chi connectivity index (χ4v) is 2.00. The molecule has 1 aromatic carbocycles. The summed E-state index contributed by atoms with van der Waals surface area (Å²) >= 11 is 0. The molecular weight excluding hydrogens is 257 g/mol. The van der Waals surface area contributed by atoms with Crippen molar-refractivity contribution in [2.75, 3.05) is 20.3 Å². The van der Waals surface area contributed by atoms with Crippen LogP contribution in [0.1, 0.15) is 16.8 Å². The van der Waals surface area contributed by atoms with Gasteiger partial charge in [0, 0.05) is 37.0 Å². The Hall–Kier alpha value is -1.72. The number of aromatic nitrogens is 2. The van der Waals surface area contributed by atoms with E-state index in [9.17, 15) is 4.39 Å². The van der Waals surface area contributed by atoms with Gasteiger partial charge < -0.3 is 10.1 Å². The first kappa shape index (κ1) is 14.7. The number of hydrogen-bond donors (Lipinski definition) is 1. The SMILES string of the molecule is COCCNCc1cnn(Cc2ccccc2F)c1C. The van der Waals surface area contributed by atoms with Crippen molar-refractivity contribution in [1.82, 2.24) is 15.1 Å². The Morgan fingerprint density at radius 3 is 2.85 bits per heavy atom. The number of benzene rings is 1. The topological polar surface area (TPSA) is 39.1 Å². The highest BCUT2D eigenvalue weighted by Crippen LogP contribution is 2.12. The second-order valence-electron chi connectivity index (χ2n) is 4.67. The van der Waals surface area contributed by atoms with E-state index in [1.165, 1.54) is 6.07 Å². The number of hydrogen-bond acceptors (Lipinski definition) is 3. The van der Waals surface area contributed by atoms with Gasteiger partial charge in [0.2, 0.25) is 0 Å². The van der Waals surface area contributed by atoms with E-state index in [0.29, 0.717) is 18.7 Å². The minimum absolute atomic E-state index is 0.192. The van der Waals surface area contributed by atoms with Gasteiger partial charge >= 0.3 is 0 Å². The van der Waals surface area contributed by atoms with E-state index < -0.39 is 0 Å². The van der Waals surface area contributed by atoms with Crippen LogP contribution in [0, 0.1) is 12.7 Å². The molecule has 1 N–H and O–H groups in total. The molecule has 0 aliphatic rings. The van der Waals surface area contributed by atoms with Gasteiger partial charge in [0.25, 0.3) is 0 Å². The van der Waals surface area contributed by atoms with Crippen molar-refractivity contribution in [3.05, 3.63) is 53.1 Å². The van der Waals surface area contributed by atoms with Crippen LogP contribution in [0.4, 0.5) is 4.39 Å². The Morgan fingerprint density at radius 2 is 2.10 bits per heavy atom. The first-order valence-electron chi connectivity index (χ1n) is 6.66. The van der Waals surface area contributed by atoms with Crippen molar-refractivity contribution in [1.29, 1.82) is 0 Å². The van der Waals surface area contributed by atoms with Crippen LogP contribution >= 0.6 is 0 Å². The normalized spacial score (nSPS) is 10.9. The quantitative estimate of drug-likeness (QED) is 0.788. The van der Waals surface area contributed by atoms with Crippen molar-refractivity contribution in [2.45, 2.75) is 20.0 Å². The monoisotopic (exact) mass is 277 g/mol. The first-order chi connectivity index (χ1) is 9.72. The van der Waals surface area contributed by atoms with E-state index in [1.807, 2.05) is 23.9 Å². The molecule has 0 saturated heterocycles. The Balaban J connectivity index is 2.00. The van der Waals surface area contributed by atoms with Crippen molar-refractivity contribution in [2.24, 2.45) is 0 Å². The number of nitrogens with one attached hydrogen (secondary N) is 1. The zero-order valence-corrected chi connectivity index (χ0v) is 11.9. The molecule has 1 heterocycles. The van der Waals surface area contributed by atoms with Gasteiger partial charge in [-0.2, -0.15) is 5.10 Å². The second kappa shape index (κ2) is 7.17. The van der Waals surface area contributed by atoms with Gasteiger partial charge in [0.05, 0.1) is 19.3 Å². The molecule has 4 nitrogen and oxygen atoms in total. The summed E-state index contributed by atoms with van der Waals surface area (Å²) in [6.07, 6.45) is 1.83. The number of nitrogens with zero attached hydrogens (tertiary/aromatic N) is 2. The molecule has 20 heavy (non-hydrogen) atoms. The van der Waals surface area contributed by atoms with Gasteiger partial charge in [0.1, 0.15) is 5.82 Å². The Morgan fingerprint density at radius 1 is 1.30 bits per heavy atom. The van der Waals surface area contributed by atoms with Gasteiger partial charge in [0.15, 0.2) is 0 Å². The molecule has 0 bridgehead atoms. The molecule has 0 aliphatic heterocycles. The van der Waals surface area contributed by atoms with E-state index in [0.717, 1.165) is 24.3 Å². The summed E-state index contributed by atoms with van der Waals surface area (Å²) < 4.78 is 20.4. The van der Waals surface area contributed by atoms with Crippen LogP contribution in [0.2, 0.25) is 0 Å². The third-order valence-corrected chi connectivity index (χ3v) is 3.28. The molecule has 0 spiro atoms. The largest absolute Gasteiger partial charge is 0.383 e. The molecule has 2 aromatic rings. The van der Waals surface area contributed by atoms with Crippen LogP contribution in [0.5, 0.6) is 0 Å². The average molecular weight is 277 g/mol. The molecule has 1 aromatic heterocycles. The Bertz CT molecular complexity index is 554. The minimum atomic E-state index is -0.192. The molecule has 0 aliphatic carbocycles. The number of halogens is 1. The minimum Gasteiger partial charge on any atom is -0.383 e. The van der Waals surface area contributed by atoms with Crippen LogP contribution in [-0.2, 0) is 17.8 Å². The highest BCUT2D eigenvalue weighted by molar-refractivity contribution is 5.21. The fourth-order valence-electron chi connectivity index (χ4n) is 2.00. The van der Waals surface area contributed by atoms with Crippen molar-refractivity contribution in [3.63, 3.8) is 0 Å². The molecule has 2 rings (SSSR count). The van der Waals surface area contributed by atoms with Crippen LogP contribution in [0.25, 0.3) is 0 Å². The maximum absolute atomic E-state index is 13.6. The maximum Gasteiger partial charge on any atom is 0.128 e. The number of ether oxygens (including phenoxy) is 1. The highest BCUT2D eigenvalue weighted by Gasteiger charge is 2.08. The van der Waals surface area contributed by atoms with Gasteiger partial charge in [-0.25, -0.2) is 4.39 Å². The van der Waals surface area contributed by atoms with Gasteiger partial charge in [-0.15, -0.1) is 0 Å². The van der Waals surface area contributed by atoms with E-state index >= 15 is 0 Å². The fraction of sp³-hybridized carbons (Fsp3) is 0.400. The van der Waals surface area contributed by atoms with E-state index in [-0.39, 0.29) is 5.82 Å². The highest BCUT2D eigenvalue weighted by atomic mass is 19.1. The van der Waals surface area contributed by atoms with Crippen LogP contribution in [-0.4, -0.2) is 30.0 Å². The van der Waals surface area contributed by atoms with Crippen molar-refractivity contribution >= 4 is 0 Å². The summed E-state index contributed by atoms with van der Waals surface area (Å²) in [4.78, 5) is 0. The lowest BCUT2D eigenvalue weighted by molar-refractivity contribution is 0.199. The third kappa shape index (κ3) is 3.65. The summed E-state index contributed by atoms with van der Waals surface area (Å²) in [6, 6.07) is 6.79. The zero-order chi connectivity index (χ0) is 14.4. The third-order valence-electron chi connectivity index (χ3n) is 3.28. The van der Waals surface area contributed by atoms with E-state index in [1.54, 1.807) is 19.2 Å². The van der Waals surface area contributed by atoms with Crippen LogP contribution in [0.15, 0.2) is 30.5 Å². The summed E-state index contributed by atoms with van der Waals surface area (Å²) in [7, 11) is 1.68. The van der Waals surface area contributed by atoms with Crippen LogP contribution in [0.3, 0.4) is 0 Å². The number of methoxy groups -OCH3 is 1. The Labute approximate surface area is 118 Å². The van der Waals surface area contributed by atoms with Crippen LogP contribution < -0.4 is 5.32 Å². The Kier molecular flexibility index (Phi) is 5.26. The molecule has 0 radical (unpaired) electrons. The van der Waals surface area contributed by atoms with Gasteiger partial charge in [-0.3, -0.25) is 4.68 Å². The lowest BCUT2D eigenvalue weighted by Crippen LogP contribution is -2.19. The second-order valence-corrected chi connectivity index (χ2v) is 4.67. The molecule has 108 valence electrons. The average Bonchev–Trinajstić information content (AvgIpc) is 2.79. The standard InChI is InChI=1S/C15H20FN3O/c1-12-14(9-17-7-8-20-2)10-18-19(12)11-13-5-3-4-6-15(13)16/h3-6,10,17H,7-9,11H2,1-2H3. The molecule has 0 atom stereocenters.